The molecule has 5 N–H and O–H groups in total. The number of hydrogen-bond donors (Lipinski definition) is 3. The third-order valence-corrected chi connectivity index (χ3v) is 3.07. The number of aliphatic hydroxyl groups is 1. The summed E-state index contributed by atoms with van der Waals surface area (Å²) in [5.41, 5.74) is 11.6. The third-order valence-electron chi connectivity index (χ3n) is 3.07. The van der Waals surface area contributed by atoms with E-state index in [0.29, 0.717) is 11.4 Å². The number of benzene rings is 1. The molecule has 1 radical (unpaired) electrons. The lowest BCUT2D eigenvalue weighted by Crippen LogP contribution is -2.49. The van der Waals surface area contributed by atoms with Gasteiger partial charge < -0.3 is 21.2 Å². The van der Waals surface area contributed by atoms with E-state index in [0.717, 1.165) is 5.46 Å². The minimum atomic E-state index is -0.942. The summed E-state index contributed by atoms with van der Waals surface area (Å²) in [5, 5.41) is 9.93. The second kappa shape index (κ2) is 4.59. The number of nitrogens with two attached hydrogens (primary N) is 2. The second-order valence-corrected chi connectivity index (χ2v) is 5.19. The van der Waals surface area contributed by atoms with Crippen molar-refractivity contribution < 1.29 is 9.76 Å². The molecule has 0 aliphatic heterocycles. The molecule has 93 valence electrons. The van der Waals surface area contributed by atoms with Crippen molar-refractivity contribution in [3.63, 3.8) is 0 Å². The van der Waals surface area contributed by atoms with Gasteiger partial charge in [-0.15, -0.1) is 0 Å². The van der Waals surface area contributed by atoms with Crippen molar-refractivity contribution in [3.05, 3.63) is 18.2 Å². The van der Waals surface area contributed by atoms with Crippen molar-refractivity contribution in [2.75, 3.05) is 11.5 Å². The van der Waals surface area contributed by atoms with E-state index in [-0.39, 0.29) is 0 Å². The fraction of sp³-hybridized carbons (Fsp3) is 0.500. The largest absolute Gasteiger partial charge is 0.427 e. The van der Waals surface area contributed by atoms with Crippen molar-refractivity contribution in [1.29, 1.82) is 0 Å². The maximum absolute atomic E-state index is 9.93. The van der Waals surface area contributed by atoms with Crippen LogP contribution in [0.1, 0.15) is 27.7 Å². The molecule has 0 spiro atoms. The fourth-order valence-corrected chi connectivity index (χ4v) is 1.03. The maximum Gasteiger partial charge on any atom is 0.330 e. The minimum absolute atomic E-state index is 0.517. The number of anilines is 2. The normalized spacial score (nSPS) is 12.5. The molecule has 0 saturated heterocycles. The van der Waals surface area contributed by atoms with Crippen LogP contribution >= 0.6 is 0 Å². The van der Waals surface area contributed by atoms with Gasteiger partial charge in [0.2, 0.25) is 0 Å². The van der Waals surface area contributed by atoms with Gasteiger partial charge in [-0.05, 0) is 39.8 Å². The second-order valence-electron chi connectivity index (χ2n) is 5.19. The van der Waals surface area contributed by atoms with E-state index in [9.17, 15) is 5.11 Å². The Morgan fingerprint density at radius 3 is 2.18 bits per heavy atom. The van der Waals surface area contributed by atoms with Crippen LogP contribution in [0.3, 0.4) is 0 Å². The van der Waals surface area contributed by atoms with Gasteiger partial charge in [-0.2, -0.15) is 0 Å². The molecule has 0 saturated carbocycles. The highest BCUT2D eigenvalue weighted by Crippen LogP contribution is 2.24. The van der Waals surface area contributed by atoms with Crippen molar-refractivity contribution in [1.82, 2.24) is 0 Å². The first-order chi connectivity index (χ1) is 7.63. The van der Waals surface area contributed by atoms with Crippen LogP contribution in [0.25, 0.3) is 0 Å². The van der Waals surface area contributed by atoms with E-state index in [4.69, 9.17) is 16.1 Å². The summed E-state index contributed by atoms with van der Waals surface area (Å²) in [6, 6.07) is 5.27. The van der Waals surface area contributed by atoms with Crippen LogP contribution in [-0.2, 0) is 4.65 Å². The van der Waals surface area contributed by atoms with Crippen LogP contribution in [0.4, 0.5) is 11.4 Å². The summed E-state index contributed by atoms with van der Waals surface area (Å²) < 4.78 is 5.60. The first kappa shape index (κ1) is 13.9. The van der Waals surface area contributed by atoms with E-state index < -0.39 is 11.2 Å². The van der Waals surface area contributed by atoms with Crippen molar-refractivity contribution in [2.24, 2.45) is 0 Å². The molecule has 0 fully saturated rings. The summed E-state index contributed by atoms with van der Waals surface area (Å²) in [7, 11) is 1.58. The van der Waals surface area contributed by atoms with Crippen molar-refractivity contribution >= 4 is 24.3 Å². The zero-order valence-electron chi connectivity index (χ0n) is 10.8. The highest BCUT2D eigenvalue weighted by Gasteiger charge is 2.35. The lowest BCUT2D eigenvalue weighted by Gasteiger charge is -2.37. The van der Waals surface area contributed by atoms with E-state index in [1.54, 1.807) is 33.5 Å². The Bertz CT molecular complexity index is 400. The van der Waals surface area contributed by atoms with Crippen LogP contribution < -0.4 is 16.9 Å². The topological polar surface area (TPSA) is 81.5 Å². The Morgan fingerprint density at radius 1 is 1.12 bits per heavy atom. The summed E-state index contributed by atoms with van der Waals surface area (Å²) in [6.45, 7) is 7.06. The van der Waals surface area contributed by atoms with Gasteiger partial charge in [0.25, 0.3) is 0 Å². The zero-order valence-corrected chi connectivity index (χ0v) is 10.8. The Labute approximate surface area is 103 Å². The SMILES string of the molecule is CC(C)(O)C(C)(C)O[B]c1ccc(N)c(N)c1. The number of rotatable bonds is 4. The van der Waals surface area contributed by atoms with Crippen LogP contribution in [-0.4, -0.2) is 23.8 Å². The molecule has 0 aromatic heterocycles. The monoisotopic (exact) mass is 235 g/mol. The van der Waals surface area contributed by atoms with E-state index in [1.807, 2.05) is 19.9 Å². The van der Waals surface area contributed by atoms with Gasteiger partial charge in [-0.1, -0.05) is 11.5 Å². The summed E-state index contributed by atoms with van der Waals surface area (Å²) in [6.07, 6.45) is 0. The molecule has 0 heterocycles. The Balaban J connectivity index is 2.71. The Hall–Kier alpha value is -1.20. The predicted octanol–water partition coefficient (Wildman–Crippen LogP) is 0.662. The fourth-order valence-electron chi connectivity index (χ4n) is 1.03. The molecule has 1 rings (SSSR count). The average molecular weight is 235 g/mol. The minimum Gasteiger partial charge on any atom is -0.427 e. The third kappa shape index (κ3) is 3.38. The standard InChI is InChI=1S/C12H20BN2O2/c1-11(2,16)12(3,4)17-13-8-5-6-9(14)10(15)7-8/h5-7,16H,14-15H2,1-4H3. The molecule has 0 bridgehead atoms. The molecule has 0 amide bonds. The molecule has 0 aliphatic rings. The first-order valence-corrected chi connectivity index (χ1v) is 5.52. The van der Waals surface area contributed by atoms with E-state index >= 15 is 0 Å². The molecule has 1 aromatic carbocycles. The number of nitrogen functional groups attached to an aromatic ring is 2. The van der Waals surface area contributed by atoms with Crippen LogP contribution in [0.2, 0.25) is 0 Å². The molecule has 4 nitrogen and oxygen atoms in total. The van der Waals surface area contributed by atoms with Gasteiger partial charge in [0.15, 0.2) is 0 Å². The smallest absolute Gasteiger partial charge is 0.330 e. The van der Waals surface area contributed by atoms with Crippen LogP contribution in [0, 0.1) is 0 Å². The van der Waals surface area contributed by atoms with E-state index in [1.165, 1.54) is 0 Å². The molecule has 17 heavy (non-hydrogen) atoms. The van der Waals surface area contributed by atoms with Crippen LogP contribution in [0.5, 0.6) is 0 Å². The summed E-state index contributed by atoms with van der Waals surface area (Å²) in [4.78, 5) is 0. The molecular formula is C12H20BN2O2. The molecule has 0 aliphatic carbocycles. The molecule has 0 atom stereocenters. The lowest BCUT2D eigenvalue weighted by atomic mass is 9.82. The molecular weight excluding hydrogens is 215 g/mol. The molecule has 0 unspecified atom stereocenters. The van der Waals surface area contributed by atoms with Crippen molar-refractivity contribution in [2.45, 2.75) is 38.9 Å². The summed E-state index contributed by atoms with van der Waals surface area (Å²) >= 11 is 0. The highest BCUT2D eigenvalue weighted by molar-refractivity contribution is 6.47. The van der Waals surface area contributed by atoms with E-state index in [2.05, 4.69) is 0 Å². The van der Waals surface area contributed by atoms with Gasteiger partial charge >= 0.3 is 7.48 Å². The zero-order chi connectivity index (χ0) is 13.3. The molecule has 5 heteroatoms. The summed E-state index contributed by atoms with van der Waals surface area (Å²) in [5.74, 6) is 0. The van der Waals surface area contributed by atoms with Gasteiger partial charge in [0.1, 0.15) is 0 Å². The van der Waals surface area contributed by atoms with Crippen molar-refractivity contribution in [3.8, 4) is 0 Å². The highest BCUT2D eigenvalue weighted by atomic mass is 16.5. The Kier molecular flexibility index (Phi) is 3.74. The lowest BCUT2D eigenvalue weighted by molar-refractivity contribution is -0.0893. The van der Waals surface area contributed by atoms with Gasteiger partial charge in [-0.3, -0.25) is 0 Å². The van der Waals surface area contributed by atoms with Gasteiger partial charge in [0.05, 0.1) is 22.6 Å². The quantitative estimate of drug-likeness (QED) is 0.529. The molecule has 1 aromatic rings. The first-order valence-electron chi connectivity index (χ1n) is 5.52. The predicted molar refractivity (Wildman–Crippen MR) is 72.1 cm³/mol. The number of hydrogen-bond acceptors (Lipinski definition) is 4. The van der Waals surface area contributed by atoms with Gasteiger partial charge in [0, 0.05) is 0 Å². The van der Waals surface area contributed by atoms with Crippen LogP contribution in [0.15, 0.2) is 18.2 Å². The average Bonchev–Trinajstić information content (AvgIpc) is 2.18. The Morgan fingerprint density at radius 2 is 1.71 bits per heavy atom. The van der Waals surface area contributed by atoms with Gasteiger partial charge in [-0.25, -0.2) is 0 Å². The maximum atomic E-state index is 9.93.